The Labute approximate surface area is 109 Å². The van der Waals surface area contributed by atoms with E-state index in [-0.39, 0.29) is 11.6 Å². The first-order valence-electron chi connectivity index (χ1n) is 5.76. The minimum absolute atomic E-state index is 0.0204. The number of anilines is 1. The summed E-state index contributed by atoms with van der Waals surface area (Å²) in [5.41, 5.74) is 0.487. The number of nitrogens with zero attached hydrogens (tertiary/aromatic N) is 2. The number of halogens is 1. The van der Waals surface area contributed by atoms with Crippen LogP contribution in [0.3, 0.4) is 0 Å². The van der Waals surface area contributed by atoms with Gasteiger partial charge in [0.15, 0.2) is 0 Å². The second-order valence-corrected chi connectivity index (χ2v) is 4.73. The van der Waals surface area contributed by atoms with Crippen molar-refractivity contribution >= 4 is 29.3 Å². The van der Waals surface area contributed by atoms with Crippen LogP contribution in [-0.4, -0.2) is 24.3 Å². The van der Waals surface area contributed by atoms with Crippen molar-refractivity contribution in [3.63, 3.8) is 0 Å². The van der Waals surface area contributed by atoms with Gasteiger partial charge in [-0.1, -0.05) is 17.7 Å². The number of para-hydroxylation sites is 1. The van der Waals surface area contributed by atoms with Crippen LogP contribution < -0.4 is 4.90 Å². The fraction of sp³-hybridized carbons (Fsp3) is 0.417. The summed E-state index contributed by atoms with van der Waals surface area (Å²) in [4.78, 5) is 23.2. The third-order valence-electron chi connectivity index (χ3n) is 3.21. The van der Waals surface area contributed by atoms with Gasteiger partial charge in [-0.3, -0.25) is 10.1 Å². The van der Waals surface area contributed by atoms with Crippen LogP contribution >= 0.6 is 11.6 Å². The third kappa shape index (κ3) is 2.46. The second kappa shape index (κ2) is 5.35. The van der Waals surface area contributed by atoms with Crippen molar-refractivity contribution in [1.82, 2.24) is 0 Å². The summed E-state index contributed by atoms with van der Waals surface area (Å²) >= 11 is 6.06. The zero-order chi connectivity index (χ0) is 13.1. The van der Waals surface area contributed by atoms with Crippen LogP contribution in [0.25, 0.3) is 0 Å². The highest BCUT2D eigenvalue weighted by molar-refractivity contribution is 6.33. The van der Waals surface area contributed by atoms with Crippen LogP contribution in [0, 0.1) is 16.0 Å². The molecule has 1 saturated heterocycles. The van der Waals surface area contributed by atoms with E-state index in [4.69, 9.17) is 11.6 Å². The smallest absolute Gasteiger partial charge is 0.294 e. The van der Waals surface area contributed by atoms with Gasteiger partial charge < -0.3 is 9.69 Å². The van der Waals surface area contributed by atoms with Crippen molar-refractivity contribution in [2.24, 2.45) is 5.92 Å². The molecule has 1 aliphatic heterocycles. The number of nitro groups is 1. The maximum atomic E-state index is 11.0. The fourth-order valence-electron chi connectivity index (χ4n) is 2.22. The van der Waals surface area contributed by atoms with E-state index in [9.17, 15) is 14.9 Å². The van der Waals surface area contributed by atoms with Crippen molar-refractivity contribution < 1.29 is 9.72 Å². The van der Waals surface area contributed by atoms with E-state index in [1.165, 1.54) is 6.07 Å². The zero-order valence-corrected chi connectivity index (χ0v) is 10.5. The molecule has 1 aliphatic rings. The first-order chi connectivity index (χ1) is 8.63. The van der Waals surface area contributed by atoms with Gasteiger partial charge >= 0.3 is 0 Å². The quantitative estimate of drug-likeness (QED) is 0.480. The van der Waals surface area contributed by atoms with Gasteiger partial charge in [0.2, 0.25) is 0 Å². The molecular weight excluding hydrogens is 256 g/mol. The first kappa shape index (κ1) is 12.8. The maximum absolute atomic E-state index is 11.0. The summed E-state index contributed by atoms with van der Waals surface area (Å²) in [6.07, 6.45) is 2.39. The number of nitro benzene ring substituents is 1. The topological polar surface area (TPSA) is 63.5 Å². The maximum Gasteiger partial charge on any atom is 0.294 e. The van der Waals surface area contributed by atoms with E-state index >= 15 is 0 Å². The Morgan fingerprint density at radius 2 is 2.06 bits per heavy atom. The van der Waals surface area contributed by atoms with Crippen LogP contribution in [0.1, 0.15) is 12.8 Å². The number of benzene rings is 1. The highest BCUT2D eigenvalue weighted by Crippen LogP contribution is 2.37. The monoisotopic (exact) mass is 268 g/mol. The molecule has 0 aromatic heterocycles. The molecule has 6 heteroatoms. The van der Waals surface area contributed by atoms with Crippen molar-refractivity contribution in [2.45, 2.75) is 12.8 Å². The lowest BCUT2D eigenvalue weighted by atomic mass is 9.98. The SMILES string of the molecule is O=CC1CCN(c2c(Cl)cccc2[N+](=O)[O-])CC1. The van der Waals surface area contributed by atoms with Crippen molar-refractivity contribution in [2.75, 3.05) is 18.0 Å². The Hall–Kier alpha value is -1.62. The number of hydrogen-bond donors (Lipinski definition) is 0. The van der Waals surface area contributed by atoms with E-state index in [1.54, 1.807) is 12.1 Å². The van der Waals surface area contributed by atoms with Gasteiger partial charge in [-0.05, 0) is 18.9 Å². The Morgan fingerprint density at radius 1 is 1.39 bits per heavy atom. The van der Waals surface area contributed by atoms with Gasteiger partial charge in [-0.25, -0.2) is 0 Å². The predicted octanol–water partition coefficient (Wildman–Crippen LogP) is 2.66. The number of carbonyl (C=O) groups is 1. The highest BCUT2D eigenvalue weighted by atomic mass is 35.5. The number of piperidine rings is 1. The summed E-state index contributed by atoms with van der Waals surface area (Å²) in [5.74, 6) is 0.0581. The van der Waals surface area contributed by atoms with E-state index in [0.29, 0.717) is 36.6 Å². The fourth-order valence-corrected chi connectivity index (χ4v) is 2.51. The molecule has 1 aromatic rings. The minimum Gasteiger partial charge on any atom is -0.365 e. The molecule has 0 atom stereocenters. The number of hydrogen-bond acceptors (Lipinski definition) is 4. The molecule has 1 aromatic carbocycles. The Bertz CT molecular complexity index is 470. The Balaban J connectivity index is 2.28. The number of rotatable bonds is 3. The van der Waals surface area contributed by atoms with Crippen molar-refractivity contribution in [3.8, 4) is 0 Å². The van der Waals surface area contributed by atoms with Crippen LogP contribution in [-0.2, 0) is 4.79 Å². The van der Waals surface area contributed by atoms with Crippen molar-refractivity contribution in [1.29, 1.82) is 0 Å². The molecule has 0 N–H and O–H groups in total. The normalized spacial score (nSPS) is 16.6. The molecule has 0 bridgehead atoms. The molecule has 0 unspecified atom stereocenters. The molecule has 18 heavy (non-hydrogen) atoms. The van der Waals surface area contributed by atoms with Crippen LogP contribution in [0.4, 0.5) is 11.4 Å². The lowest BCUT2D eigenvalue weighted by molar-refractivity contribution is -0.384. The first-order valence-corrected chi connectivity index (χ1v) is 6.14. The predicted molar refractivity (Wildman–Crippen MR) is 69.1 cm³/mol. The molecule has 1 fully saturated rings. The molecule has 5 nitrogen and oxygen atoms in total. The van der Waals surface area contributed by atoms with Crippen LogP contribution in [0.15, 0.2) is 18.2 Å². The van der Waals surface area contributed by atoms with E-state index in [2.05, 4.69) is 0 Å². The van der Waals surface area contributed by atoms with Gasteiger partial charge in [-0.15, -0.1) is 0 Å². The molecule has 2 rings (SSSR count). The van der Waals surface area contributed by atoms with Crippen LogP contribution in [0.2, 0.25) is 5.02 Å². The summed E-state index contributed by atoms with van der Waals surface area (Å²) in [5, 5.41) is 11.4. The number of aldehydes is 1. The number of carbonyl (C=O) groups excluding carboxylic acids is 1. The molecule has 1 heterocycles. The summed E-state index contributed by atoms with van der Waals surface area (Å²) < 4.78 is 0. The summed E-state index contributed by atoms with van der Waals surface area (Å²) in [6.45, 7) is 1.24. The summed E-state index contributed by atoms with van der Waals surface area (Å²) in [7, 11) is 0. The molecule has 0 radical (unpaired) electrons. The Morgan fingerprint density at radius 3 is 2.61 bits per heavy atom. The van der Waals surface area contributed by atoms with Gasteiger partial charge in [0.05, 0.1) is 9.95 Å². The second-order valence-electron chi connectivity index (χ2n) is 4.33. The minimum atomic E-state index is -0.424. The van der Waals surface area contributed by atoms with Gasteiger partial charge in [0.25, 0.3) is 5.69 Å². The molecule has 0 spiro atoms. The Kier molecular flexibility index (Phi) is 3.81. The van der Waals surface area contributed by atoms with E-state index in [1.807, 2.05) is 4.90 Å². The largest absolute Gasteiger partial charge is 0.365 e. The van der Waals surface area contributed by atoms with E-state index in [0.717, 1.165) is 6.29 Å². The van der Waals surface area contributed by atoms with Gasteiger partial charge in [0, 0.05) is 25.1 Å². The molecule has 96 valence electrons. The third-order valence-corrected chi connectivity index (χ3v) is 3.52. The summed E-state index contributed by atoms with van der Waals surface area (Å²) in [6, 6.07) is 4.67. The molecule has 0 aliphatic carbocycles. The average molecular weight is 269 g/mol. The molecule has 0 amide bonds. The standard InChI is InChI=1S/C12H13ClN2O3/c13-10-2-1-3-11(15(17)18)12(10)14-6-4-9(8-16)5-7-14/h1-3,8-9H,4-7H2. The lowest BCUT2D eigenvalue weighted by Gasteiger charge is -2.31. The van der Waals surface area contributed by atoms with E-state index < -0.39 is 4.92 Å². The van der Waals surface area contributed by atoms with Gasteiger partial charge in [0.1, 0.15) is 12.0 Å². The molecular formula is C12H13ClN2O3. The molecule has 0 saturated carbocycles. The highest BCUT2D eigenvalue weighted by Gasteiger charge is 2.26. The lowest BCUT2D eigenvalue weighted by Crippen LogP contribution is -2.34. The van der Waals surface area contributed by atoms with Crippen LogP contribution in [0.5, 0.6) is 0 Å². The zero-order valence-electron chi connectivity index (χ0n) is 9.71. The van der Waals surface area contributed by atoms with Gasteiger partial charge in [-0.2, -0.15) is 0 Å². The van der Waals surface area contributed by atoms with Crippen molar-refractivity contribution in [3.05, 3.63) is 33.3 Å². The average Bonchev–Trinajstić information content (AvgIpc) is 2.38.